The van der Waals surface area contributed by atoms with Crippen LogP contribution in [0.15, 0.2) is 176 Å². The van der Waals surface area contributed by atoms with Crippen LogP contribution in [-0.4, -0.2) is 58.0 Å². The number of halogens is 1. The SMILES string of the molecule is C#C[C@]1(COC(=O)CCCC)O[C@@H](n2cnc3c(NC(c4ccccc4)(c4ccccc4)c4ccc(OC)cc4)nc(F)nc32)C[C@@H]1OC(c1ccccc1)(c1ccccc1)c1ccc(OC)cc1. The van der Waals surface area contributed by atoms with Crippen LogP contribution in [0.25, 0.3) is 11.2 Å². The lowest BCUT2D eigenvalue weighted by atomic mass is 9.77. The lowest BCUT2D eigenvalue weighted by Gasteiger charge is -2.41. The molecule has 6 aromatic carbocycles. The van der Waals surface area contributed by atoms with Gasteiger partial charge in [0, 0.05) is 12.8 Å². The Labute approximate surface area is 401 Å². The number of hydrogen-bond acceptors (Lipinski definition) is 10. The molecule has 3 heterocycles. The summed E-state index contributed by atoms with van der Waals surface area (Å²) in [7, 11) is 3.23. The van der Waals surface area contributed by atoms with E-state index in [1.807, 2.05) is 177 Å². The van der Waals surface area contributed by atoms with Gasteiger partial charge in [0.15, 0.2) is 22.6 Å². The molecule has 0 saturated carbocycles. The van der Waals surface area contributed by atoms with Crippen molar-refractivity contribution < 1.29 is 32.9 Å². The summed E-state index contributed by atoms with van der Waals surface area (Å²) < 4.78 is 49.6. The molecule has 348 valence electrons. The van der Waals surface area contributed by atoms with Gasteiger partial charge in [-0.3, -0.25) is 9.36 Å². The minimum Gasteiger partial charge on any atom is -0.497 e. The van der Waals surface area contributed by atoms with Gasteiger partial charge in [-0.2, -0.15) is 14.4 Å². The lowest BCUT2D eigenvalue weighted by molar-refractivity contribution is -0.165. The summed E-state index contributed by atoms with van der Waals surface area (Å²) in [5.41, 5.74) is 1.31. The van der Waals surface area contributed by atoms with Gasteiger partial charge in [0.1, 0.15) is 41.6 Å². The van der Waals surface area contributed by atoms with Crippen molar-refractivity contribution >= 4 is 23.0 Å². The third-order valence-corrected chi connectivity index (χ3v) is 12.8. The molecular weight excluding hydrogens is 870 g/mol. The highest BCUT2D eigenvalue weighted by molar-refractivity contribution is 5.84. The van der Waals surface area contributed by atoms with Gasteiger partial charge in [0.25, 0.3) is 0 Å². The average molecular weight is 922 g/mol. The van der Waals surface area contributed by atoms with Gasteiger partial charge in [0.05, 0.1) is 20.5 Å². The number of esters is 1. The van der Waals surface area contributed by atoms with E-state index < -0.39 is 41.1 Å². The summed E-state index contributed by atoms with van der Waals surface area (Å²) in [6, 6.07) is 54.8. The molecular formula is C57H52FN5O6. The van der Waals surface area contributed by atoms with Crippen molar-refractivity contribution in [3.63, 3.8) is 0 Å². The first-order valence-corrected chi connectivity index (χ1v) is 23.0. The third kappa shape index (κ3) is 8.90. The smallest absolute Gasteiger partial charge is 0.312 e. The van der Waals surface area contributed by atoms with Crippen molar-refractivity contribution in [2.45, 2.75) is 61.7 Å². The molecule has 69 heavy (non-hydrogen) atoms. The Bertz CT molecular complexity index is 2940. The second-order valence-electron chi connectivity index (χ2n) is 16.9. The van der Waals surface area contributed by atoms with Crippen LogP contribution in [0.1, 0.15) is 72.2 Å². The second-order valence-corrected chi connectivity index (χ2v) is 16.9. The van der Waals surface area contributed by atoms with E-state index in [1.54, 1.807) is 18.8 Å². The van der Waals surface area contributed by atoms with E-state index in [-0.39, 0.29) is 36.4 Å². The van der Waals surface area contributed by atoms with Crippen LogP contribution < -0.4 is 14.8 Å². The number of anilines is 1. The Hall–Kier alpha value is -7.85. The van der Waals surface area contributed by atoms with E-state index in [0.717, 1.165) is 39.8 Å². The van der Waals surface area contributed by atoms with Crippen molar-refractivity contribution in [1.29, 1.82) is 0 Å². The van der Waals surface area contributed by atoms with E-state index in [2.05, 4.69) is 21.2 Å². The minimum absolute atomic E-state index is 0.109. The first kappa shape index (κ1) is 46.3. The molecule has 8 aromatic rings. The maximum Gasteiger partial charge on any atom is 0.312 e. The number of carbonyl (C=O) groups excluding carboxylic acids is 1. The van der Waals surface area contributed by atoms with Gasteiger partial charge in [-0.05, 0) is 64.1 Å². The summed E-state index contributed by atoms with van der Waals surface area (Å²) in [6.07, 6.45) is 6.97. The standard InChI is InChI=1S/C57H52FN5O6/c1-5-7-28-50(64)67-38-55(6-2)48(68-57(43-24-16-10-17-25-43,44-26-18-11-19-27-44)45-31-35-47(66-4)36-32-45)37-49(69-55)63-39-59-51-52(60-54(58)61-53(51)63)62-56(40-20-12-8-13-21-40,41-22-14-9-15-23-41)42-29-33-46(65-3)34-30-42/h2,8-27,29-36,39,48-49H,5,7,28,37-38H2,1,3-4H3,(H,60,61,62)/t48-,49+,55+/m0/s1. The van der Waals surface area contributed by atoms with Gasteiger partial charge < -0.3 is 29.0 Å². The molecule has 9 rings (SSSR count). The molecule has 1 aliphatic rings. The summed E-state index contributed by atoms with van der Waals surface area (Å²) in [6.45, 7) is 1.68. The Balaban J connectivity index is 1.18. The van der Waals surface area contributed by atoms with Crippen LogP contribution >= 0.6 is 0 Å². The summed E-state index contributed by atoms with van der Waals surface area (Å²) in [5.74, 6) is 3.94. The van der Waals surface area contributed by atoms with Gasteiger partial charge in [-0.1, -0.05) is 165 Å². The number of methoxy groups -OCH3 is 2. The van der Waals surface area contributed by atoms with Crippen LogP contribution in [-0.2, 0) is 30.1 Å². The highest BCUT2D eigenvalue weighted by Gasteiger charge is 2.55. The monoisotopic (exact) mass is 921 g/mol. The molecule has 0 radical (unpaired) electrons. The van der Waals surface area contributed by atoms with Crippen LogP contribution in [0, 0.1) is 18.4 Å². The Morgan fingerprint density at radius 2 is 1.25 bits per heavy atom. The van der Waals surface area contributed by atoms with E-state index in [4.69, 9.17) is 35.1 Å². The quantitative estimate of drug-likeness (QED) is 0.0386. The summed E-state index contributed by atoms with van der Waals surface area (Å²) >= 11 is 0. The van der Waals surface area contributed by atoms with E-state index in [9.17, 15) is 4.79 Å². The van der Waals surface area contributed by atoms with Crippen LogP contribution in [0.5, 0.6) is 11.5 Å². The van der Waals surface area contributed by atoms with E-state index >= 15 is 4.39 Å². The number of imidazole rings is 1. The molecule has 12 heteroatoms. The van der Waals surface area contributed by atoms with Crippen LogP contribution in [0.3, 0.4) is 0 Å². The normalized spacial score (nSPS) is 17.0. The maximum atomic E-state index is 16.3. The maximum absolute atomic E-state index is 16.3. The topological polar surface area (TPSA) is 119 Å². The molecule has 1 N–H and O–H groups in total. The highest BCUT2D eigenvalue weighted by atomic mass is 19.1. The van der Waals surface area contributed by atoms with Crippen molar-refractivity contribution in [2.75, 3.05) is 26.1 Å². The van der Waals surface area contributed by atoms with Crippen LogP contribution in [0.2, 0.25) is 0 Å². The number of unbranched alkanes of at least 4 members (excludes halogenated alkanes) is 1. The fraction of sp³-hybridized carbons (Fsp3) is 0.228. The van der Waals surface area contributed by atoms with Crippen molar-refractivity contribution in [1.82, 2.24) is 19.5 Å². The summed E-state index contributed by atoms with van der Waals surface area (Å²) in [4.78, 5) is 26.8. The predicted molar refractivity (Wildman–Crippen MR) is 262 cm³/mol. The lowest BCUT2D eigenvalue weighted by Crippen LogP contribution is -2.49. The van der Waals surface area contributed by atoms with Gasteiger partial charge in [-0.25, -0.2) is 4.98 Å². The number of benzene rings is 6. The van der Waals surface area contributed by atoms with Crippen molar-refractivity contribution in [2.24, 2.45) is 0 Å². The van der Waals surface area contributed by atoms with Gasteiger partial charge in [0.2, 0.25) is 0 Å². The zero-order valence-electron chi connectivity index (χ0n) is 38.6. The first-order chi connectivity index (χ1) is 33.8. The van der Waals surface area contributed by atoms with Gasteiger partial charge >= 0.3 is 12.0 Å². The Kier molecular flexibility index (Phi) is 13.5. The van der Waals surface area contributed by atoms with Crippen molar-refractivity contribution in [3.8, 4) is 23.8 Å². The molecule has 1 aliphatic heterocycles. The number of ether oxygens (including phenoxy) is 5. The van der Waals surface area contributed by atoms with Gasteiger partial charge in [-0.15, -0.1) is 6.42 Å². The van der Waals surface area contributed by atoms with Crippen molar-refractivity contribution in [3.05, 3.63) is 216 Å². The second kappa shape index (κ2) is 20.2. The number of terminal acetylenes is 1. The average Bonchev–Trinajstić information content (AvgIpc) is 4.00. The largest absolute Gasteiger partial charge is 0.497 e. The molecule has 11 nitrogen and oxygen atoms in total. The molecule has 2 aromatic heterocycles. The zero-order valence-corrected chi connectivity index (χ0v) is 38.6. The summed E-state index contributed by atoms with van der Waals surface area (Å²) in [5, 5.41) is 3.67. The minimum atomic E-state index is -1.65. The highest BCUT2D eigenvalue weighted by Crippen LogP contribution is 2.49. The predicted octanol–water partition coefficient (Wildman–Crippen LogP) is 10.8. The fourth-order valence-corrected chi connectivity index (χ4v) is 9.32. The number of rotatable bonds is 18. The number of carbonyl (C=O) groups is 1. The molecule has 0 bridgehead atoms. The molecule has 1 fully saturated rings. The molecule has 0 unspecified atom stereocenters. The third-order valence-electron chi connectivity index (χ3n) is 12.8. The van der Waals surface area contributed by atoms with E-state index in [1.165, 1.54) is 6.33 Å². The Morgan fingerprint density at radius 1 is 0.754 bits per heavy atom. The number of fused-ring (bicyclic) bond motifs is 1. The fourth-order valence-electron chi connectivity index (χ4n) is 9.32. The molecule has 0 spiro atoms. The van der Waals surface area contributed by atoms with Crippen LogP contribution in [0.4, 0.5) is 10.2 Å². The number of aromatic nitrogens is 4. The molecule has 3 atom stereocenters. The Morgan fingerprint density at radius 3 is 1.75 bits per heavy atom. The number of hydrogen-bond donors (Lipinski definition) is 1. The zero-order chi connectivity index (χ0) is 47.9. The van der Waals surface area contributed by atoms with E-state index in [0.29, 0.717) is 17.9 Å². The molecule has 1 saturated heterocycles. The number of nitrogens with zero attached hydrogens (tertiary/aromatic N) is 4. The molecule has 0 amide bonds. The molecule has 0 aliphatic carbocycles. The number of nitrogens with one attached hydrogen (secondary N) is 1. The first-order valence-electron chi connectivity index (χ1n) is 23.0.